The van der Waals surface area contributed by atoms with Gasteiger partial charge in [-0.15, -0.1) is 10.2 Å². The first-order valence-corrected chi connectivity index (χ1v) is 12.0. The van der Waals surface area contributed by atoms with Crippen molar-refractivity contribution in [3.63, 3.8) is 0 Å². The molecule has 2 amide bonds. The van der Waals surface area contributed by atoms with Crippen LogP contribution < -0.4 is 5.32 Å². The van der Waals surface area contributed by atoms with Crippen LogP contribution in [0.2, 0.25) is 0 Å². The summed E-state index contributed by atoms with van der Waals surface area (Å²) in [4.78, 5) is 26.4. The highest BCUT2D eigenvalue weighted by atomic mass is 32.2. The summed E-state index contributed by atoms with van der Waals surface area (Å²) in [6.45, 7) is 1.72. The summed E-state index contributed by atoms with van der Waals surface area (Å²) in [7, 11) is 0. The summed E-state index contributed by atoms with van der Waals surface area (Å²) < 4.78 is 15.3. The minimum Gasteiger partial charge on any atom is -0.354 e. The summed E-state index contributed by atoms with van der Waals surface area (Å²) in [5.41, 5.74) is 1.58. The fourth-order valence-electron chi connectivity index (χ4n) is 3.75. The van der Waals surface area contributed by atoms with Crippen LogP contribution in [0.3, 0.4) is 0 Å². The predicted octanol–water partition coefficient (Wildman–Crippen LogP) is 3.68. The van der Waals surface area contributed by atoms with Gasteiger partial charge in [0.05, 0.1) is 5.75 Å². The van der Waals surface area contributed by atoms with Crippen LogP contribution in [-0.2, 0) is 9.59 Å². The van der Waals surface area contributed by atoms with Crippen LogP contribution in [0.5, 0.6) is 0 Å². The Morgan fingerprint density at radius 3 is 2.61 bits per heavy atom. The smallest absolute Gasteiger partial charge is 0.230 e. The third-order valence-corrected chi connectivity index (χ3v) is 6.39. The van der Waals surface area contributed by atoms with Crippen LogP contribution in [0, 0.1) is 5.82 Å². The Morgan fingerprint density at radius 1 is 1.03 bits per heavy atom. The maximum atomic E-state index is 13.4. The van der Waals surface area contributed by atoms with Gasteiger partial charge in [-0.2, -0.15) is 0 Å². The van der Waals surface area contributed by atoms with Crippen LogP contribution in [0.4, 0.5) is 4.39 Å². The molecule has 1 N–H and O–H groups in total. The number of likely N-dealkylation sites (tertiary alicyclic amines) is 1. The number of hydrogen-bond acceptors (Lipinski definition) is 5. The molecule has 33 heavy (non-hydrogen) atoms. The zero-order valence-electron chi connectivity index (χ0n) is 18.2. The third-order valence-electron chi connectivity index (χ3n) is 5.46. The van der Waals surface area contributed by atoms with Crippen molar-refractivity contribution in [1.82, 2.24) is 25.0 Å². The number of aromatic nitrogens is 3. The summed E-state index contributed by atoms with van der Waals surface area (Å²) >= 11 is 1.28. The zero-order valence-corrected chi connectivity index (χ0v) is 19.1. The number of amides is 2. The number of nitrogens with one attached hydrogen (secondary N) is 1. The Hall–Kier alpha value is -3.20. The van der Waals surface area contributed by atoms with E-state index in [0.29, 0.717) is 30.5 Å². The summed E-state index contributed by atoms with van der Waals surface area (Å²) in [6, 6.07) is 15.7. The van der Waals surface area contributed by atoms with Gasteiger partial charge in [0, 0.05) is 37.3 Å². The van der Waals surface area contributed by atoms with Crippen molar-refractivity contribution < 1.29 is 14.0 Å². The second-order valence-electron chi connectivity index (χ2n) is 7.81. The third kappa shape index (κ3) is 5.98. The number of halogens is 1. The predicted molar refractivity (Wildman–Crippen MR) is 126 cm³/mol. The van der Waals surface area contributed by atoms with Crippen molar-refractivity contribution in [2.45, 2.75) is 30.8 Å². The molecule has 0 spiro atoms. The molecule has 2 aromatic carbocycles. The van der Waals surface area contributed by atoms with Crippen molar-refractivity contribution in [2.75, 3.05) is 25.4 Å². The minimum atomic E-state index is -0.322. The van der Waals surface area contributed by atoms with Gasteiger partial charge in [0.15, 0.2) is 11.0 Å². The number of hydrogen-bond donors (Lipinski definition) is 1. The van der Waals surface area contributed by atoms with E-state index in [1.807, 2.05) is 39.8 Å². The molecule has 1 aromatic heterocycles. The molecule has 0 bridgehead atoms. The maximum absolute atomic E-state index is 13.4. The van der Waals surface area contributed by atoms with Gasteiger partial charge in [-0.25, -0.2) is 4.39 Å². The van der Waals surface area contributed by atoms with Gasteiger partial charge in [0.1, 0.15) is 5.82 Å². The van der Waals surface area contributed by atoms with Crippen LogP contribution in [0.25, 0.3) is 17.1 Å². The number of nitrogens with zero attached hydrogens (tertiary/aromatic N) is 4. The number of carbonyl (C=O) groups is 2. The molecule has 0 atom stereocenters. The molecule has 1 saturated heterocycles. The molecular weight excluding hydrogens is 441 g/mol. The molecule has 4 rings (SSSR count). The summed E-state index contributed by atoms with van der Waals surface area (Å²) in [5, 5.41) is 12.1. The second-order valence-corrected chi connectivity index (χ2v) is 8.76. The van der Waals surface area contributed by atoms with Crippen LogP contribution in [0.15, 0.2) is 59.8 Å². The molecule has 1 fully saturated rings. The molecule has 0 saturated carbocycles. The van der Waals surface area contributed by atoms with E-state index in [2.05, 4.69) is 15.5 Å². The fourth-order valence-corrected chi connectivity index (χ4v) is 4.53. The Bertz CT molecular complexity index is 1090. The van der Waals surface area contributed by atoms with Crippen molar-refractivity contribution in [1.29, 1.82) is 0 Å². The highest BCUT2D eigenvalue weighted by molar-refractivity contribution is 7.99. The highest BCUT2D eigenvalue weighted by Crippen LogP contribution is 2.28. The molecule has 0 radical (unpaired) electrons. The van der Waals surface area contributed by atoms with Crippen molar-refractivity contribution >= 4 is 23.6 Å². The molecule has 2 heterocycles. The van der Waals surface area contributed by atoms with Gasteiger partial charge in [0.25, 0.3) is 0 Å². The molecule has 172 valence electrons. The largest absolute Gasteiger partial charge is 0.354 e. The van der Waals surface area contributed by atoms with Gasteiger partial charge in [0.2, 0.25) is 11.8 Å². The minimum absolute atomic E-state index is 0.131. The standard InChI is InChI=1S/C24H26FN5O2S/c25-19-12-10-18(11-13-19)23-27-28-24(30(23)20-7-3-1-4-8-20)33-17-21(31)26-14-16-29-15-6-2-5-9-22(29)32/h1,3-4,7-8,10-13H,2,5-6,9,14-17H2,(H,26,31). The van der Waals surface area contributed by atoms with E-state index in [4.69, 9.17) is 0 Å². The molecule has 1 aliphatic heterocycles. The fraction of sp³-hybridized carbons (Fsp3) is 0.333. The lowest BCUT2D eigenvalue weighted by molar-refractivity contribution is -0.131. The van der Waals surface area contributed by atoms with Crippen molar-refractivity contribution in [3.05, 3.63) is 60.4 Å². The Morgan fingerprint density at radius 2 is 1.82 bits per heavy atom. The Labute approximate surface area is 196 Å². The lowest BCUT2D eigenvalue weighted by atomic mass is 10.2. The number of para-hydroxylation sites is 1. The highest BCUT2D eigenvalue weighted by Gasteiger charge is 2.18. The molecular formula is C24H26FN5O2S. The summed E-state index contributed by atoms with van der Waals surface area (Å²) in [5.74, 6) is 0.456. The molecule has 0 unspecified atom stereocenters. The molecule has 1 aliphatic rings. The molecule has 7 nitrogen and oxygen atoms in total. The van der Waals surface area contributed by atoms with E-state index in [0.717, 1.165) is 37.1 Å². The number of carbonyl (C=O) groups excluding carboxylic acids is 2. The van der Waals surface area contributed by atoms with E-state index in [9.17, 15) is 14.0 Å². The van der Waals surface area contributed by atoms with Crippen LogP contribution in [0.1, 0.15) is 25.7 Å². The zero-order chi connectivity index (χ0) is 23.0. The first-order chi connectivity index (χ1) is 16.1. The number of benzene rings is 2. The first kappa shape index (κ1) is 23.0. The number of thioether (sulfide) groups is 1. The van der Waals surface area contributed by atoms with Gasteiger partial charge in [-0.3, -0.25) is 14.2 Å². The van der Waals surface area contributed by atoms with Crippen molar-refractivity contribution in [2.24, 2.45) is 0 Å². The SMILES string of the molecule is O=C(CSc1nnc(-c2ccc(F)cc2)n1-c1ccccc1)NCCN1CCCCCC1=O. The van der Waals surface area contributed by atoms with Crippen LogP contribution in [-0.4, -0.2) is 56.9 Å². The van der Waals surface area contributed by atoms with Crippen LogP contribution >= 0.6 is 11.8 Å². The van der Waals surface area contributed by atoms with E-state index in [-0.39, 0.29) is 23.4 Å². The second kappa shape index (κ2) is 11.1. The van der Waals surface area contributed by atoms with Gasteiger partial charge in [-0.1, -0.05) is 36.4 Å². The van der Waals surface area contributed by atoms with Gasteiger partial charge < -0.3 is 10.2 Å². The maximum Gasteiger partial charge on any atom is 0.230 e. The summed E-state index contributed by atoms with van der Waals surface area (Å²) in [6.07, 6.45) is 3.63. The molecule has 9 heteroatoms. The average Bonchev–Trinajstić information content (AvgIpc) is 3.15. The van der Waals surface area contributed by atoms with Crippen molar-refractivity contribution in [3.8, 4) is 17.1 Å². The lowest BCUT2D eigenvalue weighted by Crippen LogP contribution is -2.38. The van der Waals surface area contributed by atoms with E-state index >= 15 is 0 Å². The first-order valence-electron chi connectivity index (χ1n) is 11.1. The Balaban J connectivity index is 1.41. The van der Waals surface area contributed by atoms with E-state index in [1.165, 1.54) is 23.9 Å². The molecule has 0 aliphatic carbocycles. The number of rotatable bonds is 8. The molecule has 3 aromatic rings. The average molecular weight is 468 g/mol. The van der Waals surface area contributed by atoms with Gasteiger partial charge in [-0.05, 0) is 49.2 Å². The Kier molecular flexibility index (Phi) is 7.72. The van der Waals surface area contributed by atoms with E-state index < -0.39 is 0 Å². The lowest BCUT2D eigenvalue weighted by Gasteiger charge is -2.20. The van der Waals surface area contributed by atoms with Gasteiger partial charge >= 0.3 is 0 Å². The monoisotopic (exact) mass is 467 g/mol. The normalized spacial score (nSPS) is 14.2. The quantitative estimate of drug-likeness (QED) is 0.511. The van der Waals surface area contributed by atoms with E-state index in [1.54, 1.807) is 12.1 Å². The topological polar surface area (TPSA) is 80.1 Å².